The van der Waals surface area contributed by atoms with Crippen LogP contribution in [0.5, 0.6) is 0 Å². The Morgan fingerprint density at radius 3 is 0.975 bits per heavy atom. The molecule has 0 saturated heterocycles. The summed E-state index contributed by atoms with van der Waals surface area (Å²) in [4.78, 5) is 24.6. The second kappa shape index (κ2) is 68.3. The van der Waals surface area contributed by atoms with Crippen molar-refractivity contribution >= 4 is 11.9 Å². The number of aliphatic hydroxyl groups is 2. The molecule has 3 N–H and O–H groups in total. The van der Waals surface area contributed by atoms with E-state index in [1.807, 2.05) is 0 Å². The second-order valence-electron chi connectivity index (χ2n) is 24.2. The topological polar surface area (TPSA) is 95.9 Å². The lowest BCUT2D eigenvalue weighted by atomic mass is 10.0. The van der Waals surface area contributed by atoms with Crippen LogP contribution < -0.4 is 5.32 Å². The Morgan fingerprint density at radius 1 is 0.354 bits per heavy atom. The van der Waals surface area contributed by atoms with Crippen molar-refractivity contribution in [3.63, 3.8) is 0 Å². The smallest absolute Gasteiger partial charge is 0.305 e. The van der Waals surface area contributed by atoms with Crippen molar-refractivity contribution in [1.82, 2.24) is 5.32 Å². The summed E-state index contributed by atoms with van der Waals surface area (Å²) < 4.78 is 5.49. The maximum absolute atomic E-state index is 12.5. The molecule has 0 rings (SSSR count). The van der Waals surface area contributed by atoms with E-state index in [-0.39, 0.29) is 18.5 Å². The van der Waals surface area contributed by atoms with Gasteiger partial charge < -0.3 is 20.3 Å². The van der Waals surface area contributed by atoms with Crippen molar-refractivity contribution in [2.45, 2.75) is 392 Å². The molecule has 1 amide bonds. The predicted molar refractivity (Wildman–Crippen MR) is 347 cm³/mol. The number of aliphatic hydroxyl groups excluding tert-OH is 2. The third-order valence-corrected chi connectivity index (χ3v) is 16.4. The first-order valence-electron chi connectivity index (χ1n) is 35.4. The molecule has 2 unspecified atom stereocenters. The molecule has 0 aliphatic carbocycles. The van der Waals surface area contributed by atoms with Crippen LogP contribution in [0.1, 0.15) is 380 Å². The van der Waals surface area contributed by atoms with E-state index in [2.05, 4.69) is 67.8 Å². The fourth-order valence-corrected chi connectivity index (χ4v) is 10.9. The molecule has 0 fully saturated rings. The van der Waals surface area contributed by atoms with Crippen molar-refractivity contribution in [3.05, 3.63) is 48.6 Å². The van der Waals surface area contributed by atoms with Gasteiger partial charge in [-0.1, -0.05) is 326 Å². The van der Waals surface area contributed by atoms with Gasteiger partial charge in [0.2, 0.25) is 5.91 Å². The van der Waals surface area contributed by atoms with Gasteiger partial charge in [-0.25, -0.2) is 0 Å². The SMILES string of the molecule is CCCCCC/C=C\C/C=C\CCCCCCCCCC(=O)OCCCCCCCCCCC/C=C\C/C=C\CCCCCCCCCC(=O)NC(CO)C(O)CCCCCCCCCCCCCCCCCCCCCCC. The standard InChI is InChI=1S/C73H137NO5/c1-3-5-7-9-11-13-15-17-19-21-23-27-30-33-37-41-45-49-53-57-61-65-71(76)70(69-75)74-72(77)66-62-58-54-50-46-42-38-34-31-28-25-24-26-29-32-36-40-44-48-52-56-60-64-68-79-73(78)67-63-59-55-51-47-43-39-35-22-20-18-16-14-12-10-8-6-4-2/h14,16,20,22,24,26,28,31,70-71,75-76H,3-13,15,17-19,21,23,25,27,29-30,32-69H2,1-2H3,(H,74,77)/b16-14-,22-20-,26-24-,31-28-. The van der Waals surface area contributed by atoms with Crippen LogP contribution in [0.15, 0.2) is 48.6 Å². The Hall–Kier alpha value is -2.18. The van der Waals surface area contributed by atoms with E-state index in [0.29, 0.717) is 25.9 Å². The highest BCUT2D eigenvalue weighted by atomic mass is 16.5. The molecule has 79 heavy (non-hydrogen) atoms. The number of allylic oxidation sites excluding steroid dienone is 8. The molecule has 2 atom stereocenters. The number of hydrogen-bond donors (Lipinski definition) is 3. The molecule has 0 aromatic carbocycles. The normalized spacial score (nSPS) is 12.8. The fraction of sp³-hybridized carbons (Fsp3) is 0.863. The van der Waals surface area contributed by atoms with Crippen molar-refractivity contribution in [1.29, 1.82) is 0 Å². The minimum absolute atomic E-state index is 0.0000985. The largest absolute Gasteiger partial charge is 0.466 e. The lowest BCUT2D eigenvalue weighted by Crippen LogP contribution is -2.45. The third kappa shape index (κ3) is 64.8. The number of rotatable bonds is 66. The first-order valence-corrected chi connectivity index (χ1v) is 35.4. The highest BCUT2D eigenvalue weighted by molar-refractivity contribution is 5.76. The van der Waals surface area contributed by atoms with Crippen LogP contribution in [0.3, 0.4) is 0 Å². The highest BCUT2D eigenvalue weighted by Gasteiger charge is 2.20. The maximum atomic E-state index is 12.5. The molecule has 464 valence electrons. The monoisotopic (exact) mass is 1110 g/mol. The third-order valence-electron chi connectivity index (χ3n) is 16.4. The maximum Gasteiger partial charge on any atom is 0.305 e. The zero-order valence-electron chi connectivity index (χ0n) is 53.1. The molecule has 0 aromatic heterocycles. The van der Waals surface area contributed by atoms with Gasteiger partial charge in [-0.15, -0.1) is 0 Å². The van der Waals surface area contributed by atoms with Crippen LogP contribution in [0.25, 0.3) is 0 Å². The molecule has 6 heteroatoms. The Labute approximate surface area is 493 Å². The van der Waals surface area contributed by atoms with E-state index in [9.17, 15) is 19.8 Å². The van der Waals surface area contributed by atoms with Crippen LogP contribution in [-0.4, -0.2) is 47.4 Å². The average Bonchev–Trinajstić information content (AvgIpc) is 3.45. The molecular formula is C73H137NO5. The van der Waals surface area contributed by atoms with E-state index in [1.54, 1.807) is 0 Å². The van der Waals surface area contributed by atoms with Crippen LogP contribution >= 0.6 is 0 Å². The van der Waals surface area contributed by atoms with Gasteiger partial charge in [0, 0.05) is 12.8 Å². The van der Waals surface area contributed by atoms with Crippen molar-refractivity contribution in [3.8, 4) is 0 Å². The van der Waals surface area contributed by atoms with Crippen LogP contribution in [0.2, 0.25) is 0 Å². The van der Waals surface area contributed by atoms with E-state index < -0.39 is 12.1 Å². The molecule has 0 aliphatic rings. The number of amides is 1. The molecule has 0 heterocycles. The van der Waals surface area contributed by atoms with Gasteiger partial charge in [0.1, 0.15) is 0 Å². The molecule has 0 saturated carbocycles. The lowest BCUT2D eigenvalue weighted by Gasteiger charge is -2.22. The van der Waals surface area contributed by atoms with Gasteiger partial charge in [0.05, 0.1) is 25.4 Å². The Bertz CT molecular complexity index is 1320. The first kappa shape index (κ1) is 76.8. The van der Waals surface area contributed by atoms with Gasteiger partial charge in [-0.05, 0) is 89.9 Å². The van der Waals surface area contributed by atoms with E-state index in [0.717, 1.165) is 64.2 Å². The van der Waals surface area contributed by atoms with E-state index in [1.165, 1.54) is 283 Å². The average molecular weight is 1110 g/mol. The van der Waals surface area contributed by atoms with Crippen LogP contribution in [0, 0.1) is 0 Å². The number of hydrogen-bond acceptors (Lipinski definition) is 5. The van der Waals surface area contributed by atoms with Crippen molar-refractivity contribution in [2.24, 2.45) is 0 Å². The Kier molecular flexibility index (Phi) is 66.4. The Morgan fingerprint density at radius 2 is 0.633 bits per heavy atom. The molecule has 0 radical (unpaired) electrons. The first-order chi connectivity index (χ1) is 39.0. The zero-order valence-corrected chi connectivity index (χ0v) is 53.1. The quantitative estimate of drug-likeness (QED) is 0.0320. The van der Waals surface area contributed by atoms with Gasteiger partial charge in [-0.2, -0.15) is 0 Å². The molecule has 6 nitrogen and oxygen atoms in total. The summed E-state index contributed by atoms with van der Waals surface area (Å²) in [7, 11) is 0. The number of esters is 1. The number of ether oxygens (including phenoxy) is 1. The summed E-state index contributed by atoms with van der Waals surface area (Å²) in [5.41, 5.74) is 0. The minimum Gasteiger partial charge on any atom is -0.466 e. The summed E-state index contributed by atoms with van der Waals surface area (Å²) in [6.45, 7) is 4.95. The molecule has 0 aromatic rings. The minimum atomic E-state index is -0.673. The number of carbonyl (C=O) groups excluding carboxylic acids is 2. The number of unbranched alkanes of at least 4 members (excludes halogenated alkanes) is 47. The summed E-state index contributed by atoms with van der Waals surface area (Å²) in [6, 6.07) is -0.551. The van der Waals surface area contributed by atoms with Gasteiger partial charge in [0.15, 0.2) is 0 Å². The van der Waals surface area contributed by atoms with E-state index in [4.69, 9.17) is 4.74 Å². The zero-order chi connectivity index (χ0) is 57.1. The molecular weight excluding hydrogens is 971 g/mol. The second-order valence-corrected chi connectivity index (χ2v) is 24.2. The van der Waals surface area contributed by atoms with Gasteiger partial charge >= 0.3 is 5.97 Å². The summed E-state index contributed by atoms with van der Waals surface area (Å²) in [5.74, 6) is -0.0422. The number of nitrogens with one attached hydrogen (secondary N) is 1. The lowest BCUT2D eigenvalue weighted by molar-refractivity contribution is -0.143. The molecule has 0 aliphatic heterocycles. The summed E-state index contributed by atoms with van der Waals surface area (Å²) in [6.07, 6.45) is 88.6. The number of carbonyl (C=O) groups is 2. The molecule has 0 spiro atoms. The summed E-state index contributed by atoms with van der Waals surface area (Å²) in [5, 5.41) is 23.4. The van der Waals surface area contributed by atoms with Crippen LogP contribution in [-0.2, 0) is 14.3 Å². The predicted octanol–water partition coefficient (Wildman–Crippen LogP) is 22.9. The van der Waals surface area contributed by atoms with Crippen molar-refractivity contribution in [2.75, 3.05) is 13.2 Å². The Balaban J connectivity index is 3.45. The van der Waals surface area contributed by atoms with E-state index >= 15 is 0 Å². The van der Waals surface area contributed by atoms with Gasteiger partial charge in [0.25, 0.3) is 0 Å². The van der Waals surface area contributed by atoms with Crippen molar-refractivity contribution < 1.29 is 24.5 Å². The fourth-order valence-electron chi connectivity index (χ4n) is 10.9. The molecule has 0 bridgehead atoms. The van der Waals surface area contributed by atoms with Crippen LogP contribution in [0.4, 0.5) is 0 Å². The highest BCUT2D eigenvalue weighted by Crippen LogP contribution is 2.18. The van der Waals surface area contributed by atoms with Gasteiger partial charge in [-0.3, -0.25) is 9.59 Å². The summed E-state index contributed by atoms with van der Waals surface area (Å²) >= 11 is 0.